The molecular weight excluding hydrogens is 287 g/mol. The molecule has 1 heterocycles. The Hall–Kier alpha value is -1.36. The van der Waals surface area contributed by atoms with Gasteiger partial charge in [-0.15, -0.1) is 0 Å². The first-order valence-electron chi connectivity index (χ1n) is 5.28. The van der Waals surface area contributed by atoms with Crippen LogP contribution < -0.4 is 4.74 Å². The van der Waals surface area contributed by atoms with Gasteiger partial charge in [0, 0.05) is 16.6 Å². The van der Waals surface area contributed by atoms with E-state index in [1.165, 1.54) is 6.07 Å². The predicted molar refractivity (Wildman–Crippen MR) is 66.3 cm³/mol. The summed E-state index contributed by atoms with van der Waals surface area (Å²) in [7, 11) is 0. The molecular formula is C12H12BrFN2O. The molecule has 17 heavy (non-hydrogen) atoms. The highest BCUT2D eigenvalue weighted by molar-refractivity contribution is 9.10. The largest absolute Gasteiger partial charge is 0.486 e. The summed E-state index contributed by atoms with van der Waals surface area (Å²) < 4.78 is 21.5. The van der Waals surface area contributed by atoms with Crippen LogP contribution in [0.3, 0.4) is 0 Å². The summed E-state index contributed by atoms with van der Waals surface area (Å²) in [6, 6.07) is 4.78. The lowest BCUT2D eigenvalue weighted by Gasteiger charge is -2.05. The molecule has 0 radical (unpaired) electrons. The zero-order valence-electron chi connectivity index (χ0n) is 9.36. The standard InChI is InChI=1S/C12H12BrFN2O/c1-2-16-7-11(6-15-16)17-8-9-5-10(13)3-4-12(9)14/h3-7H,2,8H2,1H3. The zero-order valence-corrected chi connectivity index (χ0v) is 10.9. The minimum absolute atomic E-state index is 0.195. The van der Waals surface area contributed by atoms with Crippen molar-refractivity contribution in [3.63, 3.8) is 0 Å². The monoisotopic (exact) mass is 298 g/mol. The summed E-state index contributed by atoms with van der Waals surface area (Å²) in [5.41, 5.74) is 0.517. The summed E-state index contributed by atoms with van der Waals surface area (Å²) in [5.74, 6) is 0.377. The van der Waals surface area contributed by atoms with Gasteiger partial charge >= 0.3 is 0 Å². The Balaban J connectivity index is 2.04. The second-order valence-corrected chi connectivity index (χ2v) is 4.47. The van der Waals surface area contributed by atoms with E-state index in [0.29, 0.717) is 11.3 Å². The normalized spacial score (nSPS) is 10.5. The summed E-state index contributed by atoms with van der Waals surface area (Å²) in [6.07, 6.45) is 3.41. The number of halogens is 2. The van der Waals surface area contributed by atoms with Crippen LogP contribution in [0.15, 0.2) is 35.1 Å². The Morgan fingerprint density at radius 1 is 1.47 bits per heavy atom. The summed E-state index contributed by atoms with van der Waals surface area (Å²) in [6.45, 7) is 2.97. The van der Waals surface area contributed by atoms with E-state index in [-0.39, 0.29) is 12.4 Å². The topological polar surface area (TPSA) is 27.1 Å². The van der Waals surface area contributed by atoms with Crippen LogP contribution in [-0.4, -0.2) is 9.78 Å². The first-order valence-corrected chi connectivity index (χ1v) is 6.07. The van der Waals surface area contributed by atoms with Gasteiger partial charge in [0.2, 0.25) is 0 Å². The van der Waals surface area contributed by atoms with Crippen molar-refractivity contribution in [1.82, 2.24) is 9.78 Å². The number of ether oxygens (including phenoxy) is 1. The van der Waals surface area contributed by atoms with Gasteiger partial charge in [-0.25, -0.2) is 4.39 Å². The van der Waals surface area contributed by atoms with Gasteiger partial charge in [0.25, 0.3) is 0 Å². The van der Waals surface area contributed by atoms with Crippen molar-refractivity contribution in [3.8, 4) is 5.75 Å². The average molecular weight is 299 g/mol. The Kier molecular flexibility index (Phi) is 3.78. The summed E-state index contributed by atoms with van der Waals surface area (Å²) >= 11 is 3.30. The number of hydrogen-bond acceptors (Lipinski definition) is 2. The number of aromatic nitrogens is 2. The summed E-state index contributed by atoms with van der Waals surface area (Å²) in [5, 5.41) is 4.08. The fourth-order valence-electron chi connectivity index (χ4n) is 1.41. The van der Waals surface area contributed by atoms with Crippen LogP contribution in [0.25, 0.3) is 0 Å². The SMILES string of the molecule is CCn1cc(OCc2cc(Br)ccc2F)cn1. The van der Waals surface area contributed by atoms with Crippen LogP contribution in [0.5, 0.6) is 5.75 Å². The molecule has 0 aliphatic heterocycles. The van der Waals surface area contributed by atoms with Crippen molar-refractivity contribution in [2.24, 2.45) is 0 Å². The fourth-order valence-corrected chi connectivity index (χ4v) is 1.82. The number of nitrogens with zero attached hydrogens (tertiary/aromatic N) is 2. The third-order valence-corrected chi connectivity index (χ3v) is 2.83. The maximum Gasteiger partial charge on any atom is 0.157 e. The van der Waals surface area contributed by atoms with Gasteiger partial charge < -0.3 is 4.74 Å². The first kappa shape index (κ1) is 12.1. The molecule has 3 nitrogen and oxygen atoms in total. The van der Waals surface area contributed by atoms with Gasteiger partial charge in [0.15, 0.2) is 5.75 Å². The second kappa shape index (κ2) is 5.31. The number of aryl methyl sites for hydroxylation is 1. The van der Waals surface area contributed by atoms with E-state index in [1.54, 1.807) is 29.2 Å². The Morgan fingerprint density at radius 3 is 3.00 bits per heavy atom. The molecule has 0 saturated heterocycles. The van der Waals surface area contributed by atoms with Crippen molar-refractivity contribution >= 4 is 15.9 Å². The lowest BCUT2D eigenvalue weighted by atomic mass is 10.2. The Bertz CT molecular complexity index is 513. The molecule has 90 valence electrons. The maximum atomic E-state index is 13.4. The quantitative estimate of drug-likeness (QED) is 0.865. The highest BCUT2D eigenvalue weighted by Crippen LogP contribution is 2.18. The molecule has 0 aliphatic rings. The summed E-state index contributed by atoms with van der Waals surface area (Å²) in [4.78, 5) is 0. The lowest BCUT2D eigenvalue weighted by molar-refractivity contribution is 0.299. The lowest BCUT2D eigenvalue weighted by Crippen LogP contribution is -1.98. The minimum Gasteiger partial charge on any atom is -0.486 e. The molecule has 0 saturated carbocycles. The maximum absolute atomic E-state index is 13.4. The van der Waals surface area contributed by atoms with E-state index in [0.717, 1.165) is 11.0 Å². The number of benzene rings is 1. The molecule has 0 atom stereocenters. The van der Waals surface area contributed by atoms with Crippen molar-refractivity contribution in [3.05, 3.63) is 46.4 Å². The minimum atomic E-state index is -0.268. The number of hydrogen-bond donors (Lipinski definition) is 0. The Labute approximate surface area is 107 Å². The van der Waals surface area contributed by atoms with Crippen molar-refractivity contribution in [1.29, 1.82) is 0 Å². The van der Waals surface area contributed by atoms with Crippen molar-refractivity contribution in [2.45, 2.75) is 20.1 Å². The highest BCUT2D eigenvalue weighted by Gasteiger charge is 2.05. The molecule has 0 unspecified atom stereocenters. The number of rotatable bonds is 4. The molecule has 2 aromatic rings. The first-order chi connectivity index (χ1) is 8.19. The third kappa shape index (κ3) is 3.06. The average Bonchev–Trinajstić information content (AvgIpc) is 2.78. The van der Waals surface area contributed by atoms with E-state index >= 15 is 0 Å². The van der Waals surface area contributed by atoms with Gasteiger partial charge in [0.05, 0.1) is 12.4 Å². The van der Waals surface area contributed by atoms with Gasteiger partial charge in [-0.05, 0) is 25.1 Å². The zero-order chi connectivity index (χ0) is 12.3. The van der Waals surface area contributed by atoms with Crippen LogP contribution in [0, 0.1) is 5.82 Å². The van der Waals surface area contributed by atoms with Gasteiger partial charge in [-0.3, -0.25) is 4.68 Å². The fraction of sp³-hybridized carbons (Fsp3) is 0.250. The smallest absolute Gasteiger partial charge is 0.157 e. The van der Waals surface area contributed by atoms with Crippen LogP contribution in [0.2, 0.25) is 0 Å². The van der Waals surface area contributed by atoms with Gasteiger partial charge in [-0.2, -0.15) is 5.10 Å². The third-order valence-electron chi connectivity index (χ3n) is 2.34. The molecule has 0 amide bonds. The molecule has 0 spiro atoms. The Morgan fingerprint density at radius 2 is 2.29 bits per heavy atom. The van der Waals surface area contributed by atoms with Gasteiger partial charge in [0.1, 0.15) is 12.4 Å². The molecule has 5 heteroatoms. The predicted octanol–water partition coefficient (Wildman–Crippen LogP) is 3.38. The van der Waals surface area contributed by atoms with E-state index in [9.17, 15) is 4.39 Å². The van der Waals surface area contributed by atoms with Crippen LogP contribution in [0.4, 0.5) is 4.39 Å². The molecule has 0 bridgehead atoms. The van der Waals surface area contributed by atoms with Crippen molar-refractivity contribution in [2.75, 3.05) is 0 Å². The van der Waals surface area contributed by atoms with Gasteiger partial charge in [-0.1, -0.05) is 15.9 Å². The van der Waals surface area contributed by atoms with Crippen LogP contribution >= 0.6 is 15.9 Å². The molecule has 1 aromatic carbocycles. The molecule has 1 aromatic heterocycles. The van der Waals surface area contributed by atoms with E-state index in [4.69, 9.17) is 4.74 Å². The van der Waals surface area contributed by atoms with Crippen LogP contribution in [0.1, 0.15) is 12.5 Å². The van der Waals surface area contributed by atoms with Crippen molar-refractivity contribution < 1.29 is 9.13 Å². The van der Waals surface area contributed by atoms with E-state index in [2.05, 4.69) is 21.0 Å². The molecule has 2 rings (SSSR count). The van der Waals surface area contributed by atoms with E-state index < -0.39 is 0 Å². The van der Waals surface area contributed by atoms with E-state index in [1.807, 2.05) is 6.92 Å². The van der Waals surface area contributed by atoms with Crippen LogP contribution in [-0.2, 0) is 13.2 Å². The second-order valence-electron chi connectivity index (χ2n) is 3.56. The molecule has 0 fully saturated rings. The highest BCUT2D eigenvalue weighted by atomic mass is 79.9. The molecule has 0 aliphatic carbocycles. The molecule has 0 N–H and O–H groups in total.